The highest BCUT2D eigenvalue weighted by Crippen LogP contribution is 2.06. The number of rotatable bonds is 8. The van der Waals surface area contributed by atoms with Crippen molar-refractivity contribution in [1.29, 1.82) is 0 Å². The van der Waals surface area contributed by atoms with Crippen molar-refractivity contribution in [2.24, 2.45) is 17.6 Å². The molecule has 0 aliphatic rings. The molecular weight excluding hydrogens is 172 g/mol. The van der Waals surface area contributed by atoms with Crippen molar-refractivity contribution in [3.05, 3.63) is 0 Å². The second-order valence-corrected chi connectivity index (χ2v) is 4.39. The predicted molar refractivity (Wildman–Crippen MR) is 64.4 cm³/mol. The summed E-state index contributed by atoms with van der Waals surface area (Å²) in [5, 5.41) is 3.48. The molecular formula is C12H28N2. The van der Waals surface area contributed by atoms with E-state index in [4.69, 9.17) is 5.73 Å². The molecule has 0 saturated heterocycles. The van der Waals surface area contributed by atoms with Crippen LogP contribution >= 0.6 is 0 Å². The molecule has 0 aliphatic heterocycles. The van der Waals surface area contributed by atoms with Crippen LogP contribution in [0.1, 0.15) is 47.0 Å². The van der Waals surface area contributed by atoms with E-state index in [1.807, 2.05) is 0 Å². The summed E-state index contributed by atoms with van der Waals surface area (Å²) in [6, 6.07) is 0.314. The van der Waals surface area contributed by atoms with Crippen LogP contribution < -0.4 is 11.1 Å². The van der Waals surface area contributed by atoms with Gasteiger partial charge in [0.1, 0.15) is 0 Å². The van der Waals surface area contributed by atoms with Crippen molar-refractivity contribution in [2.75, 3.05) is 13.1 Å². The Morgan fingerprint density at radius 2 is 1.57 bits per heavy atom. The average Bonchev–Trinajstić information content (AvgIpc) is 2.22. The highest BCUT2D eigenvalue weighted by molar-refractivity contribution is 4.71. The van der Waals surface area contributed by atoms with Crippen LogP contribution in [0.4, 0.5) is 0 Å². The molecule has 0 fully saturated rings. The summed E-state index contributed by atoms with van der Waals surface area (Å²) in [5.74, 6) is 1.45. The zero-order valence-electron chi connectivity index (χ0n) is 10.3. The van der Waals surface area contributed by atoms with Gasteiger partial charge in [0.15, 0.2) is 0 Å². The molecule has 14 heavy (non-hydrogen) atoms. The molecule has 0 bridgehead atoms. The Balaban J connectivity index is 3.52. The first kappa shape index (κ1) is 13.9. The summed E-state index contributed by atoms with van der Waals surface area (Å²) in [5.41, 5.74) is 6.03. The van der Waals surface area contributed by atoms with Crippen LogP contribution in [0.2, 0.25) is 0 Å². The van der Waals surface area contributed by atoms with Gasteiger partial charge >= 0.3 is 0 Å². The van der Waals surface area contributed by atoms with Gasteiger partial charge in [-0.3, -0.25) is 0 Å². The monoisotopic (exact) mass is 200 g/mol. The topological polar surface area (TPSA) is 38.0 Å². The minimum atomic E-state index is 0.314. The first-order valence-corrected chi connectivity index (χ1v) is 6.11. The van der Waals surface area contributed by atoms with Crippen LogP contribution in [0, 0.1) is 11.8 Å². The fourth-order valence-corrected chi connectivity index (χ4v) is 1.54. The van der Waals surface area contributed by atoms with Crippen LogP contribution in [-0.4, -0.2) is 19.1 Å². The van der Waals surface area contributed by atoms with Crippen LogP contribution in [-0.2, 0) is 0 Å². The maximum Gasteiger partial charge on any atom is 0.0191 e. The van der Waals surface area contributed by atoms with E-state index in [1.165, 1.54) is 19.3 Å². The lowest BCUT2D eigenvalue weighted by atomic mass is 9.99. The largest absolute Gasteiger partial charge is 0.326 e. The molecule has 0 rings (SSSR count). The highest BCUT2D eigenvalue weighted by Gasteiger charge is 2.10. The summed E-state index contributed by atoms with van der Waals surface area (Å²) < 4.78 is 0. The van der Waals surface area contributed by atoms with E-state index in [0.29, 0.717) is 12.0 Å². The fourth-order valence-electron chi connectivity index (χ4n) is 1.54. The molecule has 3 N–H and O–H groups in total. The van der Waals surface area contributed by atoms with E-state index >= 15 is 0 Å². The van der Waals surface area contributed by atoms with E-state index in [2.05, 4.69) is 33.0 Å². The molecule has 2 atom stereocenters. The summed E-state index contributed by atoms with van der Waals surface area (Å²) in [6.45, 7) is 11.0. The Morgan fingerprint density at radius 3 is 2.00 bits per heavy atom. The molecule has 2 heteroatoms. The minimum Gasteiger partial charge on any atom is -0.326 e. The zero-order valence-corrected chi connectivity index (χ0v) is 10.3. The van der Waals surface area contributed by atoms with Gasteiger partial charge in [-0.25, -0.2) is 0 Å². The van der Waals surface area contributed by atoms with Gasteiger partial charge < -0.3 is 11.1 Å². The zero-order chi connectivity index (χ0) is 11.0. The highest BCUT2D eigenvalue weighted by atomic mass is 14.9. The Hall–Kier alpha value is -0.0800. The van der Waals surface area contributed by atoms with E-state index < -0.39 is 0 Å². The Morgan fingerprint density at radius 1 is 1.00 bits per heavy atom. The third kappa shape index (κ3) is 5.61. The summed E-state index contributed by atoms with van der Waals surface area (Å²) >= 11 is 0. The Bertz CT molecular complexity index is 121. The van der Waals surface area contributed by atoms with Crippen LogP contribution in [0.15, 0.2) is 0 Å². The average molecular weight is 200 g/mol. The molecule has 0 amide bonds. The summed E-state index contributed by atoms with van der Waals surface area (Å²) in [6.07, 6.45) is 3.71. The van der Waals surface area contributed by atoms with Gasteiger partial charge in [-0.2, -0.15) is 0 Å². The quantitative estimate of drug-likeness (QED) is 0.631. The maximum absolute atomic E-state index is 6.03. The van der Waals surface area contributed by atoms with E-state index in [9.17, 15) is 0 Å². The molecule has 0 saturated carbocycles. The van der Waals surface area contributed by atoms with E-state index in [0.717, 1.165) is 19.0 Å². The van der Waals surface area contributed by atoms with Gasteiger partial charge in [-0.05, 0) is 18.4 Å². The van der Waals surface area contributed by atoms with E-state index in [-0.39, 0.29) is 0 Å². The second kappa shape index (κ2) is 8.25. The third-order valence-electron chi connectivity index (χ3n) is 3.34. The maximum atomic E-state index is 6.03. The van der Waals surface area contributed by atoms with Crippen molar-refractivity contribution in [1.82, 2.24) is 5.32 Å². The van der Waals surface area contributed by atoms with E-state index in [1.54, 1.807) is 0 Å². The lowest BCUT2D eigenvalue weighted by Crippen LogP contribution is -2.40. The number of nitrogens with two attached hydrogens (primary N) is 1. The van der Waals surface area contributed by atoms with Crippen molar-refractivity contribution in [3.63, 3.8) is 0 Å². The van der Waals surface area contributed by atoms with Gasteiger partial charge in [0.25, 0.3) is 0 Å². The second-order valence-electron chi connectivity index (χ2n) is 4.39. The van der Waals surface area contributed by atoms with Crippen LogP contribution in [0.25, 0.3) is 0 Å². The third-order valence-corrected chi connectivity index (χ3v) is 3.34. The molecule has 0 aromatic carbocycles. The molecule has 0 radical (unpaired) electrons. The Kier molecular flexibility index (Phi) is 8.20. The fraction of sp³-hybridized carbons (Fsp3) is 1.00. The molecule has 0 aliphatic carbocycles. The van der Waals surface area contributed by atoms with Gasteiger partial charge in [-0.1, -0.05) is 47.0 Å². The van der Waals surface area contributed by atoms with Gasteiger partial charge in [-0.15, -0.1) is 0 Å². The smallest absolute Gasteiger partial charge is 0.0191 e. The Labute approximate surface area is 89.6 Å². The minimum absolute atomic E-state index is 0.314. The first-order valence-electron chi connectivity index (χ1n) is 6.11. The van der Waals surface area contributed by atoms with Crippen molar-refractivity contribution in [3.8, 4) is 0 Å². The molecule has 2 nitrogen and oxygen atoms in total. The van der Waals surface area contributed by atoms with Crippen molar-refractivity contribution < 1.29 is 0 Å². The van der Waals surface area contributed by atoms with Gasteiger partial charge in [0.05, 0.1) is 0 Å². The van der Waals surface area contributed by atoms with Crippen LogP contribution in [0.3, 0.4) is 0 Å². The summed E-state index contributed by atoms with van der Waals surface area (Å²) in [4.78, 5) is 0. The van der Waals surface area contributed by atoms with Gasteiger partial charge in [0, 0.05) is 12.6 Å². The number of nitrogens with one attached hydrogen (secondary N) is 1. The van der Waals surface area contributed by atoms with Crippen molar-refractivity contribution in [2.45, 2.75) is 53.0 Å². The number of hydrogen-bond acceptors (Lipinski definition) is 2. The van der Waals surface area contributed by atoms with Crippen LogP contribution in [0.5, 0.6) is 0 Å². The lowest BCUT2D eigenvalue weighted by molar-refractivity contribution is 0.387. The molecule has 0 aromatic rings. The normalized spacial score (nSPS) is 15.9. The standard InChI is InChI=1S/C12H28N2/c1-5-10(4)12(13)9-14-8-11(6-2)7-3/h10-12,14H,5-9,13H2,1-4H3. The molecule has 0 spiro atoms. The van der Waals surface area contributed by atoms with Gasteiger partial charge in [0.2, 0.25) is 0 Å². The first-order chi connectivity index (χ1) is 6.65. The number of hydrogen-bond donors (Lipinski definition) is 2. The molecule has 0 aromatic heterocycles. The lowest BCUT2D eigenvalue weighted by Gasteiger charge is -2.20. The molecule has 86 valence electrons. The molecule has 0 heterocycles. The summed E-state index contributed by atoms with van der Waals surface area (Å²) in [7, 11) is 0. The SMILES string of the molecule is CCC(CC)CNCC(N)C(C)CC. The predicted octanol–water partition coefficient (Wildman–Crippen LogP) is 2.39. The van der Waals surface area contributed by atoms with Crippen molar-refractivity contribution >= 4 is 0 Å². The molecule has 2 unspecified atom stereocenters.